The Morgan fingerprint density at radius 1 is 0.512 bits per heavy atom. The van der Waals surface area contributed by atoms with Gasteiger partial charge in [0.25, 0.3) is 0 Å². The average Bonchev–Trinajstić information content (AvgIpc) is 3.43. The van der Waals surface area contributed by atoms with Crippen LogP contribution in [-0.2, 0) is 0 Å². The number of hydrogen-bond acceptors (Lipinski definition) is 2. The van der Waals surface area contributed by atoms with E-state index in [2.05, 4.69) is 143 Å². The van der Waals surface area contributed by atoms with Gasteiger partial charge in [-0.3, -0.25) is 0 Å². The molecule has 43 heavy (non-hydrogen) atoms. The van der Waals surface area contributed by atoms with Gasteiger partial charge in [0.05, 0.1) is 11.0 Å². The van der Waals surface area contributed by atoms with Crippen LogP contribution in [0.4, 0.5) is 0 Å². The lowest BCUT2D eigenvalue weighted by atomic mass is 10.0. The highest BCUT2D eigenvalue weighted by Crippen LogP contribution is 2.37. The molecule has 1 aliphatic rings. The number of para-hydroxylation sites is 1. The van der Waals surface area contributed by atoms with Crippen molar-refractivity contribution in [2.75, 3.05) is 0 Å². The molecule has 4 nitrogen and oxygen atoms in total. The largest absolute Gasteiger partial charge is 0.445 e. The highest BCUT2D eigenvalue weighted by molar-refractivity contribution is 6.10. The van der Waals surface area contributed by atoms with E-state index in [0.717, 1.165) is 28.2 Å². The van der Waals surface area contributed by atoms with Crippen LogP contribution >= 0.6 is 0 Å². The molecule has 0 aliphatic carbocycles. The first-order valence-corrected chi connectivity index (χ1v) is 14.7. The van der Waals surface area contributed by atoms with Gasteiger partial charge in [-0.05, 0) is 52.1 Å². The Balaban J connectivity index is 1.25. The molecule has 0 radical (unpaired) electrons. The van der Waals surface area contributed by atoms with E-state index in [-0.39, 0.29) is 12.3 Å². The summed E-state index contributed by atoms with van der Waals surface area (Å²) in [6.45, 7) is 0. The third-order valence-electron chi connectivity index (χ3n) is 8.19. The third kappa shape index (κ3) is 4.68. The van der Waals surface area contributed by atoms with Crippen molar-refractivity contribution in [1.82, 2.24) is 9.88 Å². The Morgan fingerprint density at radius 3 is 1.95 bits per heavy atom. The summed E-state index contributed by atoms with van der Waals surface area (Å²) in [6.07, 6.45) is -0.463. The summed E-state index contributed by atoms with van der Waals surface area (Å²) in [5, 5.41) is 11.3. The van der Waals surface area contributed by atoms with Gasteiger partial charge in [-0.25, -0.2) is 0 Å². The van der Waals surface area contributed by atoms with Crippen molar-refractivity contribution < 1.29 is 0 Å². The zero-order valence-electron chi connectivity index (χ0n) is 23.5. The predicted molar refractivity (Wildman–Crippen MR) is 178 cm³/mol. The van der Waals surface area contributed by atoms with Gasteiger partial charge in [0.1, 0.15) is 0 Å². The summed E-state index contributed by atoms with van der Waals surface area (Å²) in [7, 11) is 0. The number of nitrogens with one attached hydrogen (secondary N) is 1. The van der Waals surface area contributed by atoms with Crippen LogP contribution in [0.5, 0.6) is 0 Å². The fourth-order valence-electron chi connectivity index (χ4n) is 6.11. The van der Waals surface area contributed by atoms with E-state index in [0.29, 0.717) is 0 Å². The van der Waals surface area contributed by atoms with Crippen molar-refractivity contribution in [3.8, 4) is 16.8 Å². The monoisotopic (exact) mass is 553 g/mol. The van der Waals surface area contributed by atoms with E-state index in [1.165, 1.54) is 32.9 Å². The molecule has 6 aromatic carbocycles. The molecule has 0 amide bonds. The maximum atomic E-state index is 5.13. The summed E-state index contributed by atoms with van der Waals surface area (Å²) in [5.41, 5.74) is 9.10. The fourth-order valence-corrected chi connectivity index (χ4v) is 6.11. The topological polar surface area (TPSA) is 43.4 Å². The molecule has 2 atom stereocenters. The second-order valence-electron chi connectivity index (χ2n) is 10.9. The second kappa shape index (κ2) is 10.8. The van der Waals surface area contributed by atoms with E-state index < -0.39 is 0 Å². The van der Waals surface area contributed by atoms with Gasteiger partial charge in [0, 0.05) is 28.8 Å². The number of hydrogen-bond donors (Lipinski definition) is 1. The Morgan fingerprint density at radius 2 is 1.16 bits per heavy atom. The van der Waals surface area contributed by atoms with Crippen LogP contribution in [0.2, 0.25) is 0 Å². The smallest absolute Gasteiger partial charge is 0.0547 e. The maximum absolute atomic E-state index is 5.13. The van der Waals surface area contributed by atoms with Crippen molar-refractivity contribution in [2.45, 2.75) is 12.3 Å². The summed E-state index contributed by atoms with van der Waals surface area (Å²) in [4.78, 5) is 5.02. The molecule has 0 saturated carbocycles. The predicted octanol–water partition coefficient (Wildman–Crippen LogP) is 9.57. The minimum absolute atomic E-state index is 0.204. The molecule has 0 bridgehead atoms. The summed E-state index contributed by atoms with van der Waals surface area (Å²) in [5.74, 6) is 0.757. The Bertz CT molecular complexity index is 2080. The normalized spacial score (nSPS) is 16.6. The molecular weight excluding hydrogens is 524 g/mol. The molecule has 1 aliphatic heterocycles. The number of amidine groups is 1. The lowest BCUT2D eigenvalue weighted by Gasteiger charge is -2.40. The molecule has 1 N–H and O–H groups in total. The van der Waals surface area contributed by atoms with Gasteiger partial charge in [-0.1, -0.05) is 139 Å². The van der Waals surface area contributed by atoms with Crippen LogP contribution in [0, 0.1) is 0 Å². The average molecular weight is 554 g/mol. The molecule has 206 valence electrons. The molecular formula is C39H29N4-. The van der Waals surface area contributed by atoms with Crippen molar-refractivity contribution >= 4 is 27.6 Å². The molecule has 1 aromatic heterocycles. The Kier molecular flexibility index (Phi) is 6.32. The fraction of sp³-hybridized carbons (Fsp3) is 0.0513. The van der Waals surface area contributed by atoms with E-state index in [4.69, 9.17) is 10.3 Å². The number of fused-ring (bicyclic) bond motifs is 3. The quantitative estimate of drug-likeness (QED) is 0.227. The molecule has 2 heterocycles. The van der Waals surface area contributed by atoms with E-state index in [1.807, 2.05) is 24.3 Å². The van der Waals surface area contributed by atoms with Crippen LogP contribution in [-0.4, -0.2) is 10.4 Å². The zero-order chi connectivity index (χ0) is 28.6. The third-order valence-corrected chi connectivity index (χ3v) is 8.19. The van der Waals surface area contributed by atoms with Gasteiger partial charge in [0.15, 0.2) is 0 Å². The minimum atomic E-state index is -0.258. The van der Waals surface area contributed by atoms with Gasteiger partial charge in [0.2, 0.25) is 0 Å². The lowest BCUT2D eigenvalue weighted by molar-refractivity contribution is 0.488. The van der Waals surface area contributed by atoms with Crippen molar-refractivity contribution in [1.29, 1.82) is 0 Å². The van der Waals surface area contributed by atoms with Crippen molar-refractivity contribution in [3.05, 3.63) is 180 Å². The number of rotatable bonds is 5. The van der Waals surface area contributed by atoms with Gasteiger partial charge in [-0.2, -0.15) is 0 Å². The first kappa shape index (κ1) is 25.3. The standard InChI is InChI=1S/C39H29N4/c1-4-13-27(14-5-1)30-23-24-34-33-21-10-11-22-35(33)43(36(34)26-30)32-20-12-19-31(25-32)39-41-37(28-15-6-2-7-16-28)40-38(42-39)29-17-8-3-9-18-29/h1-26,37,39,41H/q-1. The highest BCUT2D eigenvalue weighted by atomic mass is 15.3. The Hall–Kier alpha value is -5.45. The van der Waals surface area contributed by atoms with E-state index in [1.54, 1.807) is 0 Å². The first-order chi connectivity index (χ1) is 21.3. The lowest BCUT2D eigenvalue weighted by Crippen LogP contribution is -2.31. The SMILES string of the molecule is c1ccc(C2=NC(c3ccccc3)NC(c3cccc(-n4c5ccccc5c5ccc(-c6ccccc6)cc54)c3)[N-]2)cc1. The first-order valence-electron chi connectivity index (χ1n) is 14.7. The molecule has 4 heteroatoms. The number of benzene rings is 6. The maximum Gasteiger partial charge on any atom is 0.0547 e. The zero-order valence-corrected chi connectivity index (χ0v) is 23.5. The van der Waals surface area contributed by atoms with Gasteiger partial charge >= 0.3 is 0 Å². The molecule has 0 saturated heterocycles. The van der Waals surface area contributed by atoms with Gasteiger partial charge in [-0.15, -0.1) is 0 Å². The molecule has 8 rings (SSSR count). The number of nitrogens with zero attached hydrogens (tertiary/aromatic N) is 3. The molecule has 2 unspecified atom stereocenters. The van der Waals surface area contributed by atoms with Crippen molar-refractivity contribution in [2.24, 2.45) is 4.99 Å². The van der Waals surface area contributed by atoms with Crippen LogP contribution in [0.1, 0.15) is 29.0 Å². The minimum Gasteiger partial charge on any atom is -0.445 e. The molecule has 7 aromatic rings. The molecule has 0 fully saturated rings. The van der Waals surface area contributed by atoms with Crippen LogP contribution in [0.25, 0.3) is 43.9 Å². The van der Waals surface area contributed by atoms with Crippen LogP contribution in [0.3, 0.4) is 0 Å². The molecule has 0 spiro atoms. The summed E-state index contributed by atoms with van der Waals surface area (Å²) < 4.78 is 2.38. The van der Waals surface area contributed by atoms with Crippen molar-refractivity contribution in [3.63, 3.8) is 0 Å². The number of aromatic nitrogens is 1. The Labute approximate surface area is 251 Å². The number of aliphatic imine (C=N–C) groups is 1. The van der Waals surface area contributed by atoms with Crippen LogP contribution < -0.4 is 5.32 Å². The van der Waals surface area contributed by atoms with Crippen LogP contribution in [0.15, 0.2) is 163 Å². The van der Waals surface area contributed by atoms with Gasteiger partial charge < -0.3 is 20.2 Å². The van der Waals surface area contributed by atoms with E-state index >= 15 is 0 Å². The second-order valence-corrected chi connectivity index (χ2v) is 10.9. The van der Waals surface area contributed by atoms with E-state index in [9.17, 15) is 0 Å². The highest BCUT2D eigenvalue weighted by Gasteiger charge is 2.19. The summed E-state index contributed by atoms with van der Waals surface area (Å²) in [6, 6.07) is 55.4. The summed E-state index contributed by atoms with van der Waals surface area (Å²) >= 11 is 0.